The van der Waals surface area contributed by atoms with Gasteiger partial charge < -0.3 is 10.6 Å². The average Bonchev–Trinajstić information content (AvgIpc) is 2.94. The first-order valence-corrected chi connectivity index (χ1v) is 6.29. The monoisotopic (exact) mass is 234 g/mol. The first kappa shape index (κ1) is 10.8. The maximum absolute atomic E-state index is 11.9. The standard InChI is InChI=1S/C12H18N4O/c1-2-15-7-8(6-14-15)12-10(13)5-11(17)16(12)9-3-4-9/h6-7,9-10,12H,2-5,13H2,1H3. The molecule has 1 aliphatic carbocycles. The molecule has 1 saturated heterocycles. The van der Waals surface area contributed by atoms with E-state index in [1.807, 2.05) is 22.0 Å². The van der Waals surface area contributed by atoms with Gasteiger partial charge in [-0.15, -0.1) is 0 Å². The molecule has 0 radical (unpaired) electrons. The summed E-state index contributed by atoms with van der Waals surface area (Å²) in [6.45, 7) is 2.90. The highest BCUT2D eigenvalue weighted by molar-refractivity contribution is 5.81. The molecule has 17 heavy (non-hydrogen) atoms. The van der Waals surface area contributed by atoms with Crippen molar-refractivity contribution in [3.8, 4) is 0 Å². The van der Waals surface area contributed by atoms with Crippen LogP contribution in [0, 0.1) is 0 Å². The Labute approximate surface area is 101 Å². The van der Waals surface area contributed by atoms with E-state index in [0.717, 1.165) is 24.9 Å². The van der Waals surface area contributed by atoms with E-state index in [2.05, 4.69) is 12.0 Å². The first-order valence-electron chi connectivity index (χ1n) is 6.29. The van der Waals surface area contributed by atoms with Gasteiger partial charge in [0.1, 0.15) is 0 Å². The number of hydrogen-bond acceptors (Lipinski definition) is 3. The van der Waals surface area contributed by atoms with E-state index in [-0.39, 0.29) is 18.0 Å². The quantitative estimate of drug-likeness (QED) is 0.836. The molecular weight excluding hydrogens is 216 g/mol. The Morgan fingerprint density at radius 1 is 1.53 bits per heavy atom. The van der Waals surface area contributed by atoms with Gasteiger partial charge in [-0.25, -0.2) is 0 Å². The summed E-state index contributed by atoms with van der Waals surface area (Å²) in [6.07, 6.45) is 6.58. The lowest BCUT2D eigenvalue weighted by Gasteiger charge is -2.25. The fourth-order valence-corrected chi connectivity index (χ4v) is 2.68. The molecule has 1 amide bonds. The Balaban J connectivity index is 1.90. The van der Waals surface area contributed by atoms with Crippen molar-refractivity contribution in [3.63, 3.8) is 0 Å². The molecule has 2 N–H and O–H groups in total. The summed E-state index contributed by atoms with van der Waals surface area (Å²) in [5.41, 5.74) is 7.19. The van der Waals surface area contributed by atoms with Crippen LogP contribution in [0.4, 0.5) is 0 Å². The fraction of sp³-hybridized carbons (Fsp3) is 0.667. The van der Waals surface area contributed by atoms with Gasteiger partial charge in [-0.3, -0.25) is 9.48 Å². The molecule has 2 fully saturated rings. The van der Waals surface area contributed by atoms with Gasteiger partial charge in [-0.1, -0.05) is 0 Å². The predicted molar refractivity (Wildman–Crippen MR) is 63.1 cm³/mol. The van der Waals surface area contributed by atoms with Crippen LogP contribution < -0.4 is 5.73 Å². The molecule has 92 valence electrons. The Morgan fingerprint density at radius 2 is 2.29 bits per heavy atom. The molecule has 1 aromatic heterocycles. The zero-order chi connectivity index (χ0) is 12.0. The van der Waals surface area contributed by atoms with Gasteiger partial charge in [-0.05, 0) is 19.8 Å². The SMILES string of the molecule is CCn1cc(C2C(N)CC(=O)N2C2CC2)cn1. The lowest BCUT2D eigenvalue weighted by molar-refractivity contribution is -0.129. The Morgan fingerprint density at radius 3 is 2.88 bits per heavy atom. The van der Waals surface area contributed by atoms with Crippen LogP contribution in [-0.2, 0) is 11.3 Å². The summed E-state index contributed by atoms with van der Waals surface area (Å²) in [5, 5.41) is 4.28. The molecule has 1 saturated carbocycles. The molecule has 0 aromatic carbocycles. The lowest BCUT2D eigenvalue weighted by Crippen LogP contribution is -2.34. The van der Waals surface area contributed by atoms with Gasteiger partial charge in [0.2, 0.25) is 5.91 Å². The van der Waals surface area contributed by atoms with Gasteiger partial charge in [0.05, 0.1) is 12.2 Å². The van der Waals surface area contributed by atoms with Crippen LogP contribution in [0.3, 0.4) is 0 Å². The van der Waals surface area contributed by atoms with Crippen LogP contribution in [0.15, 0.2) is 12.4 Å². The van der Waals surface area contributed by atoms with Crippen molar-refractivity contribution in [3.05, 3.63) is 18.0 Å². The number of nitrogens with zero attached hydrogens (tertiary/aromatic N) is 3. The van der Waals surface area contributed by atoms with Crippen LogP contribution in [0.25, 0.3) is 0 Å². The number of carbonyl (C=O) groups is 1. The highest BCUT2D eigenvalue weighted by atomic mass is 16.2. The molecular formula is C12H18N4O. The zero-order valence-corrected chi connectivity index (χ0v) is 10.0. The minimum absolute atomic E-state index is 0.0373. The van der Waals surface area contributed by atoms with E-state index in [1.54, 1.807) is 0 Å². The van der Waals surface area contributed by atoms with E-state index in [9.17, 15) is 4.79 Å². The van der Waals surface area contributed by atoms with Crippen molar-refractivity contribution in [2.24, 2.45) is 5.73 Å². The maximum Gasteiger partial charge on any atom is 0.225 e. The number of hydrogen-bond donors (Lipinski definition) is 1. The van der Waals surface area contributed by atoms with Crippen LogP contribution in [0.5, 0.6) is 0 Å². The summed E-state index contributed by atoms with van der Waals surface area (Å²) in [4.78, 5) is 13.9. The Kier molecular flexibility index (Phi) is 2.43. The summed E-state index contributed by atoms with van der Waals surface area (Å²) in [6, 6.07) is 0.374. The molecule has 5 heteroatoms. The number of nitrogens with two attached hydrogens (primary N) is 1. The van der Waals surface area contributed by atoms with Crippen LogP contribution in [-0.4, -0.2) is 32.7 Å². The second-order valence-electron chi connectivity index (χ2n) is 4.97. The number of aromatic nitrogens is 2. The van der Waals surface area contributed by atoms with Crippen molar-refractivity contribution in [1.29, 1.82) is 0 Å². The Hall–Kier alpha value is -1.36. The minimum atomic E-state index is -0.0855. The molecule has 2 heterocycles. The Bertz CT molecular complexity index is 437. The molecule has 3 rings (SSSR count). The normalized spacial score (nSPS) is 29.1. The van der Waals surface area contributed by atoms with Crippen molar-refractivity contribution in [2.75, 3.05) is 0 Å². The molecule has 0 bridgehead atoms. The maximum atomic E-state index is 11.9. The third kappa shape index (κ3) is 1.74. The smallest absolute Gasteiger partial charge is 0.225 e. The van der Waals surface area contributed by atoms with E-state index in [4.69, 9.17) is 5.73 Å². The second kappa shape index (κ2) is 3.84. The summed E-state index contributed by atoms with van der Waals surface area (Å²) < 4.78 is 1.88. The van der Waals surface area contributed by atoms with Crippen molar-refractivity contribution in [2.45, 2.75) is 50.9 Å². The number of rotatable bonds is 3. The molecule has 2 aliphatic rings. The van der Waals surface area contributed by atoms with Gasteiger partial charge in [0.25, 0.3) is 0 Å². The zero-order valence-electron chi connectivity index (χ0n) is 10.0. The van der Waals surface area contributed by atoms with E-state index >= 15 is 0 Å². The van der Waals surface area contributed by atoms with Crippen molar-refractivity contribution >= 4 is 5.91 Å². The highest BCUT2D eigenvalue weighted by Crippen LogP contribution is 2.40. The van der Waals surface area contributed by atoms with E-state index in [1.165, 1.54) is 0 Å². The summed E-state index contributed by atoms with van der Waals surface area (Å²) >= 11 is 0. The van der Waals surface area contributed by atoms with Crippen LogP contribution >= 0.6 is 0 Å². The van der Waals surface area contributed by atoms with Gasteiger partial charge in [0, 0.05) is 36.8 Å². The third-order valence-corrected chi connectivity index (χ3v) is 3.66. The molecule has 1 aromatic rings. The minimum Gasteiger partial charge on any atom is -0.331 e. The molecule has 2 unspecified atom stereocenters. The van der Waals surface area contributed by atoms with Gasteiger partial charge >= 0.3 is 0 Å². The number of carbonyl (C=O) groups excluding carboxylic acids is 1. The first-order chi connectivity index (χ1) is 8.20. The fourth-order valence-electron chi connectivity index (χ4n) is 2.68. The molecule has 2 atom stereocenters. The summed E-state index contributed by atoms with van der Waals surface area (Å²) in [5.74, 6) is 0.203. The topological polar surface area (TPSA) is 64.2 Å². The predicted octanol–water partition coefficient (Wildman–Crippen LogP) is 0.666. The lowest BCUT2D eigenvalue weighted by atomic mass is 10.0. The van der Waals surface area contributed by atoms with Crippen molar-refractivity contribution in [1.82, 2.24) is 14.7 Å². The average molecular weight is 234 g/mol. The molecule has 0 spiro atoms. The van der Waals surface area contributed by atoms with E-state index in [0.29, 0.717) is 12.5 Å². The highest BCUT2D eigenvalue weighted by Gasteiger charge is 2.46. The summed E-state index contributed by atoms with van der Waals surface area (Å²) in [7, 11) is 0. The number of amides is 1. The third-order valence-electron chi connectivity index (χ3n) is 3.66. The largest absolute Gasteiger partial charge is 0.331 e. The van der Waals surface area contributed by atoms with Crippen LogP contribution in [0.1, 0.15) is 37.8 Å². The van der Waals surface area contributed by atoms with Crippen LogP contribution in [0.2, 0.25) is 0 Å². The van der Waals surface area contributed by atoms with Crippen molar-refractivity contribution < 1.29 is 4.79 Å². The molecule has 1 aliphatic heterocycles. The van der Waals surface area contributed by atoms with E-state index < -0.39 is 0 Å². The van der Waals surface area contributed by atoms with Gasteiger partial charge in [0.15, 0.2) is 0 Å². The number of aryl methyl sites for hydroxylation is 1. The molecule has 5 nitrogen and oxygen atoms in total. The second-order valence-corrected chi connectivity index (χ2v) is 4.97. The van der Waals surface area contributed by atoms with Gasteiger partial charge in [-0.2, -0.15) is 5.10 Å². The number of likely N-dealkylation sites (tertiary alicyclic amines) is 1.